The van der Waals surface area contributed by atoms with Crippen LogP contribution in [0.25, 0.3) is 0 Å². The Morgan fingerprint density at radius 3 is 2.50 bits per heavy atom. The van der Waals surface area contributed by atoms with E-state index < -0.39 is 11.5 Å². The van der Waals surface area contributed by atoms with Gasteiger partial charge in [-0.3, -0.25) is 14.5 Å². The van der Waals surface area contributed by atoms with Crippen LogP contribution in [0.1, 0.15) is 51.9 Å². The van der Waals surface area contributed by atoms with Gasteiger partial charge in [-0.25, -0.2) is 0 Å². The molecule has 1 saturated carbocycles. The lowest BCUT2D eigenvalue weighted by Gasteiger charge is -2.35. The van der Waals surface area contributed by atoms with Crippen LogP contribution in [0.2, 0.25) is 0 Å². The van der Waals surface area contributed by atoms with Gasteiger partial charge in [0.25, 0.3) is 0 Å². The number of rotatable bonds is 4. The zero-order valence-electron chi connectivity index (χ0n) is 12.6. The summed E-state index contributed by atoms with van der Waals surface area (Å²) in [4.78, 5) is 27.5. The summed E-state index contributed by atoms with van der Waals surface area (Å²) in [6.45, 7) is 2.67. The highest BCUT2D eigenvalue weighted by molar-refractivity contribution is 5.82. The maximum atomic E-state index is 12.4. The lowest BCUT2D eigenvalue weighted by molar-refractivity contribution is -0.150. The first-order valence-corrected chi connectivity index (χ1v) is 7.69. The molecule has 1 saturated heterocycles. The standard InChI is InChI=1S/C15H26N2O3/c1-15(14(19)20)9-6-10-17(15)11-13(18)16(2)12-7-4-3-5-8-12/h12H,3-11H2,1-2H3,(H,19,20). The topological polar surface area (TPSA) is 60.9 Å². The van der Waals surface area contributed by atoms with Gasteiger partial charge >= 0.3 is 5.97 Å². The summed E-state index contributed by atoms with van der Waals surface area (Å²) in [6.07, 6.45) is 7.29. The van der Waals surface area contributed by atoms with Crippen molar-refractivity contribution in [3.05, 3.63) is 0 Å². The Bertz CT molecular complexity index is 379. The first kappa shape index (κ1) is 15.3. The van der Waals surface area contributed by atoms with E-state index in [1.165, 1.54) is 19.3 Å². The third kappa shape index (κ3) is 2.97. The van der Waals surface area contributed by atoms with Gasteiger partial charge in [-0.05, 0) is 39.2 Å². The zero-order valence-corrected chi connectivity index (χ0v) is 12.6. The predicted octanol–water partition coefficient (Wildman–Crippen LogP) is 1.72. The molecule has 1 aliphatic carbocycles. The van der Waals surface area contributed by atoms with E-state index in [0.717, 1.165) is 19.3 Å². The molecule has 114 valence electrons. The van der Waals surface area contributed by atoms with Crippen molar-refractivity contribution in [2.75, 3.05) is 20.1 Å². The van der Waals surface area contributed by atoms with Crippen LogP contribution in [0, 0.1) is 0 Å². The number of carboxylic acid groups (broad SMARTS) is 1. The number of carbonyl (C=O) groups excluding carboxylic acids is 1. The van der Waals surface area contributed by atoms with E-state index in [0.29, 0.717) is 19.0 Å². The van der Waals surface area contributed by atoms with E-state index in [2.05, 4.69) is 0 Å². The van der Waals surface area contributed by atoms with Gasteiger partial charge in [-0.2, -0.15) is 0 Å². The molecule has 1 amide bonds. The van der Waals surface area contributed by atoms with Crippen molar-refractivity contribution in [3.63, 3.8) is 0 Å². The van der Waals surface area contributed by atoms with Gasteiger partial charge in [0.05, 0.1) is 6.54 Å². The van der Waals surface area contributed by atoms with Crippen molar-refractivity contribution in [1.29, 1.82) is 0 Å². The summed E-state index contributed by atoms with van der Waals surface area (Å²) >= 11 is 0. The number of nitrogens with zero attached hydrogens (tertiary/aromatic N) is 2. The lowest BCUT2D eigenvalue weighted by atomic mass is 9.94. The summed E-state index contributed by atoms with van der Waals surface area (Å²) in [5.41, 5.74) is -0.872. The van der Waals surface area contributed by atoms with Gasteiger partial charge in [0.1, 0.15) is 5.54 Å². The first-order chi connectivity index (χ1) is 9.45. The summed E-state index contributed by atoms with van der Waals surface area (Å²) in [7, 11) is 1.87. The molecule has 1 atom stereocenters. The Morgan fingerprint density at radius 2 is 1.90 bits per heavy atom. The van der Waals surface area contributed by atoms with Crippen LogP contribution >= 0.6 is 0 Å². The van der Waals surface area contributed by atoms with Crippen molar-refractivity contribution >= 4 is 11.9 Å². The molecular weight excluding hydrogens is 256 g/mol. The van der Waals surface area contributed by atoms with E-state index in [1.54, 1.807) is 6.92 Å². The second kappa shape index (κ2) is 6.12. The van der Waals surface area contributed by atoms with Crippen LogP contribution < -0.4 is 0 Å². The first-order valence-electron chi connectivity index (χ1n) is 7.69. The maximum absolute atomic E-state index is 12.4. The normalized spacial score (nSPS) is 28.5. The lowest BCUT2D eigenvalue weighted by Crippen LogP contribution is -2.52. The monoisotopic (exact) mass is 282 g/mol. The largest absolute Gasteiger partial charge is 0.480 e. The SMILES string of the molecule is CN(C(=O)CN1CCCC1(C)C(=O)O)C1CCCCC1. The molecule has 0 bridgehead atoms. The van der Waals surface area contributed by atoms with Crippen LogP contribution in [0.3, 0.4) is 0 Å². The molecule has 1 aliphatic heterocycles. The van der Waals surface area contributed by atoms with Crippen molar-refractivity contribution in [1.82, 2.24) is 9.80 Å². The Balaban J connectivity index is 1.95. The highest BCUT2D eigenvalue weighted by Crippen LogP contribution is 2.29. The molecule has 2 aliphatic rings. The number of likely N-dealkylation sites (tertiary alicyclic amines) is 1. The van der Waals surface area contributed by atoms with E-state index >= 15 is 0 Å². The van der Waals surface area contributed by atoms with Crippen LogP contribution in [-0.4, -0.2) is 58.5 Å². The fourth-order valence-electron chi connectivity index (χ4n) is 3.46. The number of amides is 1. The van der Waals surface area contributed by atoms with Crippen molar-refractivity contribution in [2.45, 2.75) is 63.5 Å². The molecule has 20 heavy (non-hydrogen) atoms. The number of likely N-dealkylation sites (N-methyl/N-ethyl adjacent to an activating group) is 1. The summed E-state index contributed by atoms with van der Waals surface area (Å²) < 4.78 is 0. The van der Waals surface area contributed by atoms with Gasteiger partial charge < -0.3 is 10.0 Å². The third-order valence-electron chi connectivity index (χ3n) is 5.09. The molecular formula is C15H26N2O3. The second-order valence-corrected chi connectivity index (χ2v) is 6.40. The molecule has 2 rings (SSSR count). The molecule has 0 aromatic heterocycles. The number of carboxylic acids is 1. The molecule has 0 spiro atoms. The van der Waals surface area contributed by atoms with Gasteiger partial charge in [0.2, 0.25) is 5.91 Å². The Morgan fingerprint density at radius 1 is 1.25 bits per heavy atom. The average molecular weight is 282 g/mol. The number of hydrogen-bond acceptors (Lipinski definition) is 3. The molecule has 1 N–H and O–H groups in total. The van der Waals surface area contributed by atoms with E-state index in [9.17, 15) is 14.7 Å². The van der Waals surface area contributed by atoms with Crippen LogP contribution in [0.15, 0.2) is 0 Å². The fraction of sp³-hybridized carbons (Fsp3) is 0.867. The van der Waals surface area contributed by atoms with Crippen LogP contribution in [0.5, 0.6) is 0 Å². The quantitative estimate of drug-likeness (QED) is 0.853. The Kier molecular flexibility index (Phi) is 4.68. The highest BCUT2D eigenvalue weighted by atomic mass is 16.4. The van der Waals surface area contributed by atoms with Crippen LogP contribution in [0.4, 0.5) is 0 Å². The molecule has 1 heterocycles. The summed E-state index contributed by atoms with van der Waals surface area (Å²) in [5, 5.41) is 9.38. The predicted molar refractivity (Wildman–Crippen MR) is 76.5 cm³/mol. The third-order valence-corrected chi connectivity index (χ3v) is 5.09. The van der Waals surface area contributed by atoms with Gasteiger partial charge in [-0.1, -0.05) is 19.3 Å². The minimum Gasteiger partial charge on any atom is -0.480 e. The van der Waals surface area contributed by atoms with Crippen LogP contribution in [-0.2, 0) is 9.59 Å². The second-order valence-electron chi connectivity index (χ2n) is 6.40. The molecule has 1 unspecified atom stereocenters. The Hall–Kier alpha value is -1.10. The smallest absolute Gasteiger partial charge is 0.323 e. The molecule has 5 heteroatoms. The summed E-state index contributed by atoms with van der Waals surface area (Å²) in [6, 6.07) is 0.343. The molecule has 5 nitrogen and oxygen atoms in total. The van der Waals surface area contributed by atoms with Gasteiger partial charge in [0.15, 0.2) is 0 Å². The van der Waals surface area contributed by atoms with Crippen molar-refractivity contribution in [2.24, 2.45) is 0 Å². The minimum absolute atomic E-state index is 0.0614. The van der Waals surface area contributed by atoms with E-state index in [1.807, 2.05) is 16.8 Å². The average Bonchev–Trinajstić information content (AvgIpc) is 2.81. The van der Waals surface area contributed by atoms with Crippen molar-refractivity contribution in [3.8, 4) is 0 Å². The van der Waals surface area contributed by atoms with Gasteiger partial charge in [-0.15, -0.1) is 0 Å². The van der Waals surface area contributed by atoms with Crippen molar-refractivity contribution < 1.29 is 14.7 Å². The maximum Gasteiger partial charge on any atom is 0.323 e. The zero-order chi connectivity index (χ0) is 14.8. The fourth-order valence-corrected chi connectivity index (χ4v) is 3.46. The Labute approximate surface area is 120 Å². The minimum atomic E-state index is -0.872. The number of aliphatic carboxylic acids is 1. The van der Waals surface area contributed by atoms with Gasteiger partial charge in [0, 0.05) is 13.1 Å². The molecule has 0 radical (unpaired) electrons. The highest BCUT2D eigenvalue weighted by Gasteiger charge is 2.44. The number of carbonyl (C=O) groups is 2. The molecule has 0 aromatic rings. The molecule has 0 aromatic carbocycles. The van der Waals surface area contributed by atoms with E-state index in [4.69, 9.17) is 0 Å². The number of hydrogen-bond donors (Lipinski definition) is 1. The molecule has 2 fully saturated rings. The summed E-state index contributed by atoms with van der Waals surface area (Å²) in [5.74, 6) is -0.755. The van der Waals surface area contributed by atoms with E-state index in [-0.39, 0.29) is 12.5 Å².